The van der Waals surface area contributed by atoms with E-state index in [9.17, 15) is 0 Å². The SMILES string of the molecule is Cc1nsc(NC2CCC2)c1C#N. The first-order chi connectivity index (χ1) is 6.31. The Morgan fingerprint density at radius 2 is 2.38 bits per heavy atom. The van der Waals surface area contributed by atoms with Gasteiger partial charge in [-0.25, -0.2) is 0 Å². The van der Waals surface area contributed by atoms with Crippen molar-refractivity contribution in [2.24, 2.45) is 0 Å². The van der Waals surface area contributed by atoms with E-state index in [0.29, 0.717) is 6.04 Å². The molecule has 0 bridgehead atoms. The zero-order valence-corrected chi connectivity index (χ0v) is 8.32. The number of aromatic nitrogens is 1. The Balaban J connectivity index is 2.15. The number of hydrogen-bond acceptors (Lipinski definition) is 4. The number of nitrogens with zero attached hydrogens (tertiary/aromatic N) is 2. The van der Waals surface area contributed by atoms with Gasteiger partial charge in [0.1, 0.15) is 16.6 Å². The van der Waals surface area contributed by atoms with E-state index in [1.807, 2.05) is 6.92 Å². The molecular formula is C9H11N3S. The molecule has 1 aliphatic rings. The molecule has 0 unspecified atom stereocenters. The molecule has 68 valence electrons. The van der Waals surface area contributed by atoms with Gasteiger partial charge in [-0.15, -0.1) is 0 Å². The maximum atomic E-state index is 8.87. The Morgan fingerprint density at radius 1 is 1.62 bits per heavy atom. The second-order valence-corrected chi connectivity index (χ2v) is 4.13. The standard InChI is InChI=1S/C9H11N3S/c1-6-8(5-10)9(13-12-6)11-7-3-2-4-7/h7,11H,2-4H2,1H3. The molecule has 1 aromatic heterocycles. The van der Waals surface area contributed by atoms with Gasteiger partial charge in [0, 0.05) is 6.04 Å². The highest BCUT2D eigenvalue weighted by molar-refractivity contribution is 7.10. The van der Waals surface area contributed by atoms with E-state index in [4.69, 9.17) is 5.26 Å². The van der Waals surface area contributed by atoms with Crippen molar-refractivity contribution in [2.45, 2.75) is 32.2 Å². The normalized spacial score (nSPS) is 16.3. The fourth-order valence-corrected chi connectivity index (χ4v) is 2.16. The molecule has 0 radical (unpaired) electrons. The molecule has 1 heterocycles. The molecule has 1 saturated carbocycles. The third-order valence-electron chi connectivity index (χ3n) is 2.41. The van der Waals surface area contributed by atoms with Gasteiger partial charge in [0.2, 0.25) is 0 Å². The van der Waals surface area contributed by atoms with Gasteiger partial charge < -0.3 is 5.32 Å². The van der Waals surface area contributed by atoms with Crippen molar-refractivity contribution in [3.8, 4) is 6.07 Å². The van der Waals surface area contributed by atoms with Crippen LogP contribution in [0.5, 0.6) is 0 Å². The highest BCUT2D eigenvalue weighted by Crippen LogP contribution is 2.29. The molecule has 2 rings (SSSR count). The molecule has 0 saturated heterocycles. The predicted octanol–water partition coefficient (Wildman–Crippen LogP) is 2.29. The third kappa shape index (κ3) is 1.52. The number of nitrogens with one attached hydrogen (secondary N) is 1. The Labute approximate surface area is 81.6 Å². The number of hydrogen-bond donors (Lipinski definition) is 1. The largest absolute Gasteiger partial charge is 0.372 e. The van der Waals surface area contributed by atoms with Crippen LogP contribution in [0.25, 0.3) is 0 Å². The lowest BCUT2D eigenvalue weighted by molar-refractivity contribution is 0.446. The molecule has 1 aliphatic carbocycles. The van der Waals surface area contributed by atoms with Gasteiger partial charge in [-0.2, -0.15) is 9.64 Å². The van der Waals surface area contributed by atoms with Gasteiger partial charge in [-0.05, 0) is 37.7 Å². The van der Waals surface area contributed by atoms with Crippen LogP contribution in [-0.4, -0.2) is 10.4 Å². The average molecular weight is 193 g/mol. The van der Waals surface area contributed by atoms with Gasteiger partial charge >= 0.3 is 0 Å². The van der Waals surface area contributed by atoms with Crippen LogP contribution >= 0.6 is 11.5 Å². The smallest absolute Gasteiger partial charge is 0.127 e. The van der Waals surface area contributed by atoms with E-state index in [0.717, 1.165) is 16.3 Å². The Bertz CT molecular complexity index is 346. The lowest BCUT2D eigenvalue weighted by Gasteiger charge is -2.26. The van der Waals surface area contributed by atoms with Crippen LogP contribution in [0, 0.1) is 18.3 Å². The summed E-state index contributed by atoms with van der Waals surface area (Å²) in [5.74, 6) is 0. The second kappa shape index (κ2) is 3.35. The van der Waals surface area contributed by atoms with Crippen LogP contribution in [0.2, 0.25) is 0 Å². The molecule has 1 N–H and O–H groups in total. The summed E-state index contributed by atoms with van der Waals surface area (Å²) in [6.07, 6.45) is 3.75. The van der Waals surface area contributed by atoms with Gasteiger partial charge in [0.05, 0.1) is 5.69 Å². The maximum absolute atomic E-state index is 8.87. The van der Waals surface area contributed by atoms with Crippen molar-refractivity contribution in [3.05, 3.63) is 11.3 Å². The summed E-state index contributed by atoms with van der Waals surface area (Å²) in [5.41, 5.74) is 1.56. The van der Waals surface area contributed by atoms with E-state index >= 15 is 0 Å². The molecule has 0 aromatic carbocycles. The molecule has 1 fully saturated rings. The summed E-state index contributed by atoms with van der Waals surface area (Å²) in [6.45, 7) is 1.88. The third-order valence-corrected chi connectivity index (χ3v) is 3.28. The Kier molecular flexibility index (Phi) is 2.19. The monoisotopic (exact) mass is 193 g/mol. The van der Waals surface area contributed by atoms with Crippen molar-refractivity contribution in [1.82, 2.24) is 4.37 Å². The second-order valence-electron chi connectivity index (χ2n) is 3.36. The van der Waals surface area contributed by atoms with Gasteiger partial charge in [-0.1, -0.05) is 0 Å². The molecule has 0 amide bonds. The molecule has 4 heteroatoms. The van der Waals surface area contributed by atoms with Crippen molar-refractivity contribution < 1.29 is 0 Å². The fourth-order valence-electron chi connectivity index (χ4n) is 1.34. The van der Waals surface area contributed by atoms with Crippen LogP contribution in [-0.2, 0) is 0 Å². The van der Waals surface area contributed by atoms with E-state index in [2.05, 4.69) is 15.8 Å². The van der Waals surface area contributed by atoms with Crippen molar-refractivity contribution >= 4 is 16.5 Å². The summed E-state index contributed by atoms with van der Waals surface area (Å²) in [5, 5.41) is 13.2. The molecule has 3 nitrogen and oxygen atoms in total. The topological polar surface area (TPSA) is 48.7 Å². The van der Waals surface area contributed by atoms with E-state index in [1.54, 1.807) is 0 Å². The summed E-state index contributed by atoms with van der Waals surface area (Å²) in [6, 6.07) is 2.76. The first-order valence-corrected chi connectivity index (χ1v) is 5.21. The van der Waals surface area contributed by atoms with Crippen LogP contribution in [0.1, 0.15) is 30.5 Å². The van der Waals surface area contributed by atoms with Crippen molar-refractivity contribution in [2.75, 3.05) is 5.32 Å². The summed E-state index contributed by atoms with van der Waals surface area (Å²) >= 11 is 1.39. The number of nitriles is 1. The van der Waals surface area contributed by atoms with E-state index < -0.39 is 0 Å². The molecule has 1 aromatic rings. The molecule has 0 spiro atoms. The summed E-state index contributed by atoms with van der Waals surface area (Å²) in [7, 11) is 0. The lowest BCUT2D eigenvalue weighted by Crippen LogP contribution is -2.26. The first-order valence-electron chi connectivity index (χ1n) is 4.44. The minimum atomic E-state index is 0.576. The fraction of sp³-hybridized carbons (Fsp3) is 0.556. The number of aryl methyl sites for hydroxylation is 1. The molecular weight excluding hydrogens is 182 g/mol. The molecule has 13 heavy (non-hydrogen) atoms. The first kappa shape index (κ1) is 8.52. The zero-order valence-electron chi connectivity index (χ0n) is 7.50. The average Bonchev–Trinajstić information content (AvgIpc) is 2.39. The van der Waals surface area contributed by atoms with Crippen molar-refractivity contribution in [3.63, 3.8) is 0 Å². The van der Waals surface area contributed by atoms with Crippen LogP contribution < -0.4 is 5.32 Å². The zero-order chi connectivity index (χ0) is 9.26. The van der Waals surface area contributed by atoms with Gasteiger partial charge in [0.25, 0.3) is 0 Å². The number of anilines is 1. The highest BCUT2D eigenvalue weighted by Gasteiger charge is 2.20. The predicted molar refractivity (Wildman–Crippen MR) is 52.8 cm³/mol. The maximum Gasteiger partial charge on any atom is 0.127 e. The minimum absolute atomic E-state index is 0.576. The van der Waals surface area contributed by atoms with Gasteiger partial charge in [0.15, 0.2) is 0 Å². The molecule has 0 atom stereocenters. The summed E-state index contributed by atoms with van der Waals surface area (Å²) in [4.78, 5) is 0. The minimum Gasteiger partial charge on any atom is -0.372 e. The van der Waals surface area contributed by atoms with E-state index in [1.165, 1.54) is 30.8 Å². The van der Waals surface area contributed by atoms with Crippen molar-refractivity contribution in [1.29, 1.82) is 5.26 Å². The van der Waals surface area contributed by atoms with Crippen LogP contribution in [0.4, 0.5) is 5.00 Å². The van der Waals surface area contributed by atoms with E-state index in [-0.39, 0.29) is 0 Å². The van der Waals surface area contributed by atoms with Crippen LogP contribution in [0.3, 0.4) is 0 Å². The molecule has 0 aliphatic heterocycles. The van der Waals surface area contributed by atoms with Crippen LogP contribution in [0.15, 0.2) is 0 Å². The highest BCUT2D eigenvalue weighted by atomic mass is 32.1. The summed E-state index contributed by atoms with van der Waals surface area (Å²) < 4.78 is 4.16. The lowest BCUT2D eigenvalue weighted by atomic mass is 9.93. The number of rotatable bonds is 2. The Hall–Kier alpha value is -1.08. The quantitative estimate of drug-likeness (QED) is 0.784. The Morgan fingerprint density at radius 3 is 2.92 bits per heavy atom. The van der Waals surface area contributed by atoms with Gasteiger partial charge in [-0.3, -0.25) is 0 Å².